The summed E-state index contributed by atoms with van der Waals surface area (Å²) < 4.78 is 5.38. The van der Waals surface area contributed by atoms with Gasteiger partial charge in [0.1, 0.15) is 5.75 Å². The third-order valence-corrected chi connectivity index (χ3v) is 3.70. The van der Waals surface area contributed by atoms with Crippen molar-refractivity contribution in [2.75, 3.05) is 18.5 Å². The quantitative estimate of drug-likeness (QED) is 0.599. The predicted molar refractivity (Wildman–Crippen MR) is 102 cm³/mol. The molecule has 2 rings (SSSR count). The number of benzene rings is 2. The van der Waals surface area contributed by atoms with Crippen LogP contribution in [0.25, 0.3) is 0 Å². The van der Waals surface area contributed by atoms with Crippen molar-refractivity contribution in [2.45, 2.75) is 27.7 Å². The lowest BCUT2D eigenvalue weighted by atomic mass is 10.1. The van der Waals surface area contributed by atoms with E-state index in [1.165, 1.54) is 5.56 Å². The summed E-state index contributed by atoms with van der Waals surface area (Å²) in [6, 6.07) is 11.7. The normalized spacial score (nSPS) is 10.7. The number of anilines is 1. The number of aryl methyl sites for hydroxylation is 3. The summed E-state index contributed by atoms with van der Waals surface area (Å²) in [4.78, 5) is 11.9. The Labute approximate surface area is 149 Å². The smallest absolute Gasteiger partial charge is 0.259 e. The fraction of sp³-hybridized carbons (Fsp3) is 0.300. The lowest BCUT2D eigenvalue weighted by Crippen LogP contribution is -2.26. The first-order chi connectivity index (χ1) is 12.0. The van der Waals surface area contributed by atoms with Crippen LogP contribution in [-0.2, 0) is 4.79 Å². The van der Waals surface area contributed by atoms with Gasteiger partial charge >= 0.3 is 0 Å². The first-order valence-corrected chi connectivity index (χ1v) is 8.36. The third kappa shape index (κ3) is 5.64. The average molecular weight is 339 g/mol. The topological polar surface area (TPSA) is 62.7 Å². The van der Waals surface area contributed by atoms with Crippen LogP contribution in [0.15, 0.2) is 41.5 Å². The summed E-state index contributed by atoms with van der Waals surface area (Å²) in [7, 11) is 0. The van der Waals surface area contributed by atoms with Crippen molar-refractivity contribution in [3.8, 4) is 5.75 Å². The van der Waals surface area contributed by atoms with Gasteiger partial charge in [0, 0.05) is 5.69 Å². The van der Waals surface area contributed by atoms with Crippen LogP contribution in [0.4, 0.5) is 5.69 Å². The highest BCUT2D eigenvalue weighted by atomic mass is 16.5. The Hall–Kier alpha value is -2.82. The summed E-state index contributed by atoms with van der Waals surface area (Å²) in [5, 5.41) is 7.16. The van der Waals surface area contributed by atoms with Crippen LogP contribution in [0.5, 0.6) is 5.75 Å². The van der Waals surface area contributed by atoms with Gasteiger partial charge in [-0.2, -0.15) is 5.10 Å². The number of hydrogen-bond donors (Lipinski definition) is 2. The maximum atomic E-state index is 11.9. The highest BCUT2D eigenvalue weighted by Gasteiger charge is 2.05. The number of hydrazone groups is 1. The number of rotatable bonds is 7. The lowest BCUT2D eigenvalue weighted by Gasteiger charge is -2.13. The molecule has 2 aromatic rings. The second kappa shape index (κ2) is 8.87. The molecule has 5 nitrogen and oxygen atoms in total. The van der Waals surface area contributed by atoms with Crippen LogP contribution >= 0.6 is 0 Å². The fourth-order valence-electron chi connectivity index (χ4n) is 2.66. The Kier molecular flexibility index (Phi) is 6.57. The van der Waals surface area contributed by atoms with Gasteiger partial charge in [-0.25, -0.2) is 5.43 Å². The maximum Gasteiger partial charge on any atom is 0.259 e. The van der Waals surface area contributed by atoms with Crippen LogP contribution in [0, 0.1) is 20.8 Å². The molecule has 0 aliphatic rings. The average Bonchev–Trinajstić information content (AvgIpc) is 2.56. The van der Waals surface area contributed by atoms with Crippen LogP contribution < -0.4 is 15.5 Å². The highest BCUT2D eigenvalue weighted by molar-refractivity contribution is 5.84. The van der Waals surface area contributed by atoms with E-state index in [0.717, 1.165) is 28.1 Å². The van der Waals surface area contributed by atoms with E-state index in [-0.39, 0.29) is 12.5 Å². The number of nitrogens with zero attached hydrogens (tertiary/aromatic N) is 1. The van der Waals surface area contributed by atoms with Gasteiger partial charge in [0.25, 0.3) is 5.91 Å². The van der Waals surface area contributed by atoms with Crippen molar-refractivity contribution in [3.05, 3.63) is 58.7 Å². The molecule has 5 heteroatoms. The number of carbonyl (C=O) groups is 1. The Morgan fingerprint density at radius 3 is 2.36 bits per heavy atom. The Morgan fingerprint density at radius 1 is 1.12 bits per heavy atom. The van der Waals surface area contributed by atoms with Gasteiger partial charge in [-0.05, 0) is 68.7 Å². The van der Waals surface area contributed by atoms with Crippen molar-refractivity contribution in [1.82, 2.24) is 5.43 Å². The molecule has 0 unspecified atom stereocenters. The van der Waals surface area contributed by atoms with Gasteiger partial charge in [0.05, 0.1) is 19.4 Å². The molecule has 2 N–H and O–H groups in total. The fourth-order valence-corrected chi connectivity index (χ4v) is 2.66. The number of ether oxygens (including phenoxy) is 1. The largest absolute Gasteiger partial charge is 0.494 e. The Bertz CT molecular complexity index is 729. The Balaban J connectivity index is 1.84. The minimum Gasteiger partial charge on any atom is -0.494 e. The van der Waals surface area contributed by atoms with Gasteiger partial charge in [-0.3, -0.25) is 4.79 Å². The molecule has 0 bridgehead atoms. The minimum atomic E-state index is -0.193. The standard InChI is InChI=1S/C20H25N3O2/c1-5-25-18-8-6-17(7-9-18)12-22-23-19(24)13-21-20-15(3)10-14(2)11-16(20)4/h6-12,21H,5,13H2,1-4H3,(H,23,24)/b22-12-. The molecule has 0 atom stereocenters. The van der Waals surface area contributed by atoms with Crippen molar-refractivity contribution < 1.29 is 9.53 Å². The molecule has 0 aliphatic carbocycles. The molecular weight excluding hydrogens is 314 g/mol. The minimum absolute atomic E-state index is 0.172. The van der Waals surface area contributed by atoms with Crippen molar-refractivity contribution >= 4 is 17.8 Å². The van der Waals surface area contributed by atoms with Crippen LogP contribution in [0.1, 0.15) is 29.2 Å². The second-order valence-electron chi connectivity index (χ2n) is 5.92. The molecule has 0 aromatic heterocycles. The zero-order valence-corrected chi connectivity index (χ0v) is 15.2. The maximum absolute atomic E-state index is 11.9. The summed E-state index contributed by atoms with van der Waals surface area (Å²) in [6.07, 6.45) is 1.61. The van der Waals surface area contributed by atoms with E-state index in [1.807, 2.05) is 45.0 Å². The lowest BCUT2D eigenvalue weighted by molar-refractivity contribution is -0.119. The molecule has 0 radical (unpaired) electrons. The molecule has 2 aromatic carbocycles. The van der Waals surface area contributed by atoms with Crippen molar-refractivity contribution in [1.29, 1.82) is 0 Å². The van der Waals surface area contributed by atoms with Gasteiger partial charge in [0.15, 0.2) is 0 Å². The molecule has 25 heavy (non-hydrogen) atoms. The van der Waals surface area contributed by atoms with E-state index < -0.39 is 0 Å². The van der Waals surface area contributed by atoms with E-state index in [9.17, 15) is 4.79 Å². The van der Waals surface area contributed by atoms with E-state index >= 15 is 0 Å². The van der Waals surface area contributed by atoms with E-state index in [4.69, 9.17) is 4.74 Å². The van der Waals surface area contributed by atoms with Crippen LogP contribution in [-0.4, -0.2) is 25.3 Å². The zero-order valence-electron chi connectivity index (χ0n) is 15.2. The van der Waals surface area contributed by atoms with Crippen LogP contribution in [0.3, 0.4) is 0 Å². The van der Waals surface area contributed by atoms with E-state index in [1.54, 1.807) is 6.21 Å². The summed E-state index contributed by atoms with van der Waals surface area (Å²) >= 11 is 0. The molecule has 0 aliphatic heterocycles. The number of carbonyl (C=O) groups excluding carboxylic acids is 1. The molecule has 132 valence electrons. The van der Waals surface area contributed by atoms with Crippen LogP contribution in [0.2, 0.25) is 0 Å². The monoisotopic (exact) mass is 339 g/mol. The molecule has 0 saturated carbocycles. The summed E-state index contributed by atoms with van der Waals surface area (Å²) in [5.74, 6) is 0.623. The summed E-state index contributed by atoms with van der Waals surface area (Å²) in [6.45, 7) is 8.88. The molecular formula is C20H25N3O2. The van der Waals surface area contributed by atoms with Gasteiger partial charge in [-0.15, -0.1) is 0 Å². The number of hydrogen-bond acceptors (Lipinski definition) is 4. The number of nitrogens with one attached hydrogen (secondary N) is 2. The predicted octanol–water partition coefficient (Wildman–Crippen LogP) is 3.57. The first-order valence-electron chi connectivity index (χ1n) is 8.36. The van der Waals surface area contributed by atoms with Crippen molar-refractivity contribution in [2.24, 2.45) is 5.10 Å². The molecule has 0 spiro atoms. The number of amides is 1. The second-order valence-corrected chi connectivity index (χ2v) is 5.92. The molecule has 0 heterocycles. The van der Waals surface area contributed by atoms with E-state index in [0.29, 0.717) is 6.61 Å². The summed E-state index contributed by atoms with van der Waals surface area (Å²) in [5.41, 5.74) is 7.88. The Morgan fingerprint density at radius 2 is 1.76 bits per heavy atom. The molecule has 1 amide bonds. The third-order valence-electron chi connectivity index (χ3n) is 3.70. The highest BCUT2D eigenvalue weighted by Crippen LogP contribution is 2.21. The first kappa shape index (κ1) is 18.5. The molecule has 0 saturated heterocycles. The van der Waals surface area contributed by atoms with E-state index in [2.05, 4.69) is 34.9 Å². The SMILES string of the molecule is CCOc1ccc(/C=N\NC(=O)CNc2c(C)cc(C)cc2C)cc1. The van der Waals surface area contributed by atoms with Crippen molar-refractivity contribution in [3.63, 3.8) is 0 Å². The van der Waals surface area contributed by atoms with Gasteiger partial charge < -0.3 is 10.1 Å². The van der Waals surface area contributed by atoms with Gasteiger partial charge in [0.2, 0.25) is 0 Å². The zero-order chi connectivity index (χ0) is 18.2. The molecule has 0 fully saturated rings. The van der Waals surface area contributed by atoms with Gasteiger partial charge in [-0.1, -0.05) is 17.7 Å².